The van der Waals surface area contributed by atoms with Crippen LogP contribution in [0.2, 0.25) is 0 Å². The lowest BCUT2D eigenvalue weighted by Gasteiger charge is -2.08. The van der Waals surface area contributed by atoms with E-state index in [1.54, 1.807) is 0 Å². The maximum absolute atomic E-state index is 12.8. The van der Waals surface area contributed by atoms with Gasteiger partial charge in [-0.2, -0.15) is 0 Å². The molecule has 23 heavy (non-hydrogen) atoms. The van der Waals surface area contributed by atoms with Crippen LogP contribution in [0.15, 0.2) is 53.4 Å². The third-order valence-corrected chi connectivity index (χ3v) is 4.37. The van der Waals surface area contributed by atoms with E-state index in [2.05, 4.69) is 10.0 Å². The van der Waals surface area contributed by atoms with Gasteiger partial charge in [0.15, 0.2) is 0 Å². The minimum Gasteiger partial charge on any atom is -0.351 e. The summed E-state index contributed by atoms with van der Waals surface area (Å²) in [4.78, 5) is 11.5. The number of benzene rings is 2. The molecule has 0 aliphatic heterocycles. The molecule has 5 nitrogen and oxygen atoms in total. The van der Waals surface area contributed by atoms with Crippen LogP contribution in [-0.4, -0.2) is 20.9 Å². The highest BCUT2D eigenvalue weighted by Gasteiger charge is 2.15. The molecule has 0 aromatic heterocycles. The van der Waals surface area contributed by atoms with Gasteiger partial charge in [-0.15, -0.1) is 0 Å². The summed E-state index contributed by atoms with van der Waals surface area (Å²) in [5, 5.41) is 2.50. The van der Waals surface area contributed by atoms with E-state index in [9.17, 15) is 22.0 Å². The lowest BCUT2D eigenvalue weighted by Crippen LogP contribution is -2.36. The molecule has 0 fully saturated rings. The summed E-state index contributed by atoms with van der Waals surface area (Å²) < 4.78 is 51.4. The Morgan fingerprint density at radius 3 is 2.00 bits per heavy atom. The number of nitrogens with one attached hydrogen (secondary N) is 2. The van der Waals surface area contributed by atoms with Crippen molar-refractivity contribution in [2.75, 3.05) is 6.54 Å². The number of carbonyl (C=O) groups excluding carboxylic acids is 1. The van der Waals surface area contributed by atoms with Crippen molar-refractivity contribution in [3.05, 3.63) is 65.7 Å². The van der Waals surface area contributed by atoms with E-state index >= 15 is 0 Å². The Morgan fingerprint density at radius 2 is 1.43 bits per heavy atom. The summed E-state index contributed by atoms with van der Waals surface area (Å²) in [5.41, 5.74) is 0.682. The first-order valence-electron chi connectivity index (χ1n) is 6.63. The van der Waals surface area contributed by atoms with Crippen molar-refractivity contribution in [1.29, 1.82) is 0 Å². The minimum atomic E-state index is -3.89. The van der Waals surface area contributed by atoms with Crippen molar-refractivity contribution in [3.8, 4) is 0 Å². The second-order valence-corrected chi connectivity index (χ2v) is 6.45. The van der Waals surface area contributed by atoms with Gasteiger partial charge in [0.05, 0.1) is 11.4 Å². The van der Waals surface area contributed by atoms with Crippen LogP contribution in [0.3, 0.4) is 0 Å². The largest absolute Gasteiger partial charge is 0.351 e. The van der Waals surface area contributed by atoms with E-state index in [-0.39, 0.29) is 17.3 Å². The molecule has 0 bridgehead atoms. The molecule has 0 atom stereocenters. The van der Waals surface area contributed by atoms with Crippen LogP contribution < -0.4 is 10.0 Å². The van der Waals surface area contributed by atoms with E-state index in [0.717, 1.165) is 24.3 Å². The summed E-state index contributed by atoms with van der Waals surface area (Å²) in [6, 6.07) is 9.79. The van der Waals surface area contributed by atoms with Gasteiger partial charge in [0.1, 0.15) is 11.6 Å². The number of carbonyl (C=O) groups is 1. The van der Waals surface area contributed by atoms with Gasteiger partial charge in [0, 0.05) is 6.54 Å². The van der Waals surface area contributed by atoms with Crippen molar-refractivity contribution in [2.45, 2.75) is 11.4 Å². The van der Waals surface area contributed by atoms with Crippen LogP contribution in [0.25, 0.3) is 0 Å². The Hall–Kier alpha value is -2.32. The zero-order chi connectivity index (χ0) is 16.9. The molecule has 2 aromatic carbocycles. The molecule has 0 unspecified atom stereocenters. The van der Waals surface area contributed by atoms with E-state index in [1.807, 2.05) is 0 Å². The fraction of sp³-hybridized carbons (Fsp3) is 0.133. The first kappa shape index (κ1) is 17.0. The molecule has 122 valence electrons. The first-order chi connectivity index (χ1) is 10.9. The Kier molecular flexibility index (Phi) is 5.41. The van der Waals surface area contributed by atoms with Gasteiger partial charge in [-0.05, 0) is 42.0 Å². The summed E-state index contributed by atoms with van der Waals surface area (Å²) >= 11 is 0. The molecule has 2 rings (SSSR count). The Balaban J connectivity index is 1.86. The first-order valence-corrected chi connectivity index (χ1v) is 8.11. The summed E-state index contributed by atoms with van der Waals surface area (Å²) in [6.07, 6.45) is 0. The van der Waals surface area contributed by atoms with E-state index in [4.69, 9.17) is 0 Å². The highest BCUT2D eigenvalue weighted by Crippen LogP contribution is 2.09. The lowest BCUT2D eigenvalue weighted by molar-refractivity contribution is -0.120. The zero-order valence-corrected chi connectivity index (χ0v) is 12.7. The second-order valence-electron chi connectivity index (χ2n) is 4.68. The highest BCUT2D eigenvalue weighted by atomic mass is 32.2. The molecule has 0 heterocycles. The van der Waals surface area contributed by atoms with Gasteiger partial charge >= 0.3 is 0 Å². The second kappa shape index (κ2) is 7.30. The molecule has 0 aliphatic rings. The molecule has 1 amide bonds. The van der Waals surface area contributed by atoms with Crippen LogP contribution in [0, 0.1) is 11.6 Å². The molecule has 2 aromatic rings. The molecular weight excluding hydrogens is 326 g/mol. The maximum Gasteiger partial charge on any atom is 0.241 e. The predicted molar refractivity (Wildman–Crippen MR) is 79.8 cm³/mol. The van der Waals surface area contributed by atoms with Crippen molar-refractivity contribution in [2.24, 2.45) is 0 Å². The molecule has 0 radical (unpaired) electrons. The number of rotatable bonds is 6. The van der Waals surface area contributed by atoms with Crippen molar-refractivity contribution < 1.29 is 22.0 Å². The number of halogens is 2. The number of hydrogen-bond acceptors (Lipinski definition) is 3. The third-order valence-electron chi connectivity index (χ3n) is 2.95. The van der Waals surface area contributed by atoms with Crippen LogP contribution in [-0.2, 0) is 21.4 Å². The fourth-order valence-electron chi connectivity index (χ4n) is 1.72. The monoisotopic (exact) mass is 340 g/mol. The molecule has 2 N–H and O–H groups in total. The summed E-state index contributed by atoms with van der Waals surface area (Å²) in [5.74, 6) is -1.48. The van der Waals surface area contributed by atoms with Gasteiger partial charge in [0.2, 0.25) is 15.9 Å². The van der Waals surface area contributed by atoms with E-state index in [0.29, 0.717) is 5.56 Å². The summed E-state index contributed by atoms with van der Waals surface area (Å²) in [6.45, 7) is -0.307. The quantitative estimate of drug-likeness (QED) is 0.838. The average Bonchev–Trinajstić information content (AvgIpc) is 2.53. The third kappa shape index (κ3) is 5.11. The van der Waals surface area contributed by atoms with Gasteiger partial charge in [0.25, 0.3) is 0 Å². The van der Waals surface area contributed by atoms with Crippen molar-refractivity contribution in [1.82, 2.24) is 10.0 Å². The average molecular weight is 340 g/mol. The van der Waals surface area contributed by atoms with Gasteiger partial charge in [-0.3, -0.25) is 4.79 Å². The molecule has 0 saturated heterocycles. The Labute approximate surface area is 132 Å². The Bertz CT molecular complexity index is 775. The zero-order valence-electron chi connectivity index (χ0n) is 11.9. The SMILES string of the molecule is O=C(CNS(=O)(=O)c1ccc(F)cc1)NCc1ccc(F)cc1. The number of sulfonamides is 1. The van der Waals surface area contributed by atoms with Gasteiger partial charge in [-0.25, -0.2) is 21.9 Å². The normalized spacial score (nSPS) is 11.2. The minimum absolute atomic E-state index is 0.134. The smallest absolute Gasteiger partial charge is 0.241 e. The highest BCUT2D eigenvalue weighted by molar-refractivity contribution is 7.89. The standard InChI is InChI=1S/C15H14F2N2O3S/c16-12-3-1-11(2-4-12)9-18-15(20)10-19-23(21,22)14-7-5-13(17)6-8-14/h1-8,19H,9-10H2,(H,18,20). The van der Waals surface area contributed by atoms with E-state index in [1.165, 1.54) is 24.3 Å². The molecule has 8 heteroatoms. The van der Waals surface area contributed by atoms with Gasteiger partial charge < -0.3 is 5.32 Å². The van der Waals surface area contributed by atoms with Crippen LogP contribution in [0.5, 0.6) is 0 Å². The maximum atomic E-state index is 12.8. The topological polar surface area (TPSA) is 75.3 Å². The molecule has 0 spiro atoms. The fourth-order valence-corrected chi connectivity index (χ4v) is 2.71. The number of amides is 1. The molecule has 0 aliphatic carbocycles. The van der Waals surface area contributed by atoms with Crippen molar-refractivity contribution in [3.63, 3.8) is 0 Å². The van der Waals surface area contributed by atoms with Crippen molar-refractivity contribution >= 4 is 15.9 Å². The Morgan fingerprint density at radius 1 is 0.913 bits per heavy atom. The van der Waals surface area contributed by atoms with E-state index < -0.39 is 28.3 Å². The predicted octanol–water partition coefficient (Wildman–Crippen LogP) is 1.56. The van der Waals surface area contributed by atoms with Crippen LogP contribution in [0.1, 0.15) is 5.56 Å². The lowest BCUT2D eigenvalue weighted by atomic mass is 10.2. The number of hydrogen-bond donors (Lipinski definition) is 2. The van der Waals surface area contributed by atoms with Crippen LogP contribution >= 0.6 is 0 Å². The summed E-state index contributed by atoms with van der Waals surface area (Å²) in [7, 11) is -3.89. The van der Waals surface area contributed by atoms with Crippen LogP contribution in [0.4, 0.5) is 8.78 Å². The molecule has 0 saturated carbocycles. The molecular formula is C15H14F2N2O3S. The van der Waals surface area contributed by atoms with Gasteiger partial charge in [-0.1, -0.05) is 12.1 Å².